The summed E-state index contributed by atoms with van der Waals surface area (Å²) < 4.78 is 0. The molecule has 0 N–H and O–H groups in total. The molecular weight excluding hydrogens is 132 g/mol. The first-order valence-electron chi connectivity index (χ1n) is 4.53. The number of rotatable bonds is 0. The smallest absolute Gasteiger partial charge is 0.000502 e. The molecule has 0 atom stereocenters. The van der Waals surface area contributed by atoms with E-state index in [0.717, 1.165) is 0 Å². The summed E-state index contributed by atoms with van der Waals surface area (Å²) in [6.45, 7) is 0. The van der Waals surface area contributed by atoms with Crippen LogP contribution in [0.3, 0.4) is 0 Å². The Labute approximate surface area is 67.3 Å². The molecule has 3 aliphatic rings. The van der Waals surface area contributed by atoms with E-state index in [-0.39, 0.29) is 0 Å². The summed E-state index contributed by atoms with van der Waals surface area (Å²) in [7, 11) is 0. The molecule has 0 nitrogen and oxygen atoms in total. The van der Waals surface area contributed by atoms with E-state index in [1.54, 1.807) is 11.1 Å². The van der Waals surface area contributed by atoms with Gasteiger partial charge >= 0.3 is 0 Å². The lowest BCUT2D eigenvalue weighted by Gasteiger charge is -2.38. The van der Waals surface area contributed by atoms with Crippen LogP contribution in [0.2, 0.25) is 0 Å². The summed E-state index contributed by atoms with van der Waals surface area (Å²) in [5, 5.41) is 0. The quantitative estimate of drug-likeness (QED) is 0.458. The van der Waals surface area contributed by atoms with Crippen LogP contribution >= 0.6 is 0 Å². The zero-order valence-corrected chi connectivity index (χ0v) is 6.69. The van der Waals surface area contributed by atoms with Crippen molar-refractivity contribution in [1.29, 1.82) is 0 Å². The van der Waals surface area contributed by atoms with Gasteiger partial charge in [-0.1, -0.05) is 12.0 Å². The zero-order chi connectivity index (χ0) is 7.31. The van der Waals surface area contributed by atoms with E-state index < -0.39 is 0 Å². The molecule has 0 unspecified atom stereocenters. The molecule has 11 heavy (non-hydrogen) atoms. The molecule has 0 radical (unpaired) electrons. The lowest BCUT2D eigenvalue weighted by molar-refractivity contribution is 0.205. The minimum atomic E-state index is 0.573. The highest BCUT2D eigenvalue weighted by molar-refractivity contribution is 5.46. The maximum Gasteiger partial charge on any atom is -0.000502 e. The van der Waals surface area contributed by atoms with Crippen molar-refractivity contribution in [3.05, 3.63) is 29.0 Å². The van der Waals surface area contributed by atoms with Gasteiger partial charge in [-0.3, -0.25) is 0 Å². The second-order valence-corrected chi connectivity index (χ2v) is 4.15. The first-order valence-corrected chi connectivity index (χ1v) is 4.53. The van der Waals surface area contributed by atoms with E-state index in [1.165, 1.54) is 32.1 Å². The van der Waals surface area contributed by atoms with Crippen molar-refractivity contribution < 1.29 is 0 Å². The summed E-state index contributed by atoms with van der Waals surface area (Å²) in [6.07, 6.45) is 11.4. The van der Waals surface area contributed by atoms with Crippen LogP contribution in [0, 0.1) is 5.41 Å². The first-order chi connectivity index (χ1) is 5.38. The summed E-state index contributed by atoms with van der Waals surface area (Å²) in [6, 6.07) is 0. The van der Waals surface area contributed by atoms with Crippen molar-refractivity contribution in [1.82, 2.24) is 0 Å². The van der Waals surface area contributed by atoms with Gasteiger partial charge in [0.15, 0.2) is 0 Å². The first kappa shape index (κ1) is 5.85. The molecule has 0 aromatic heterocycles. The molecule has 0 amide bonds. The summed E-state index contributed by atoms with van der Waals surface area (Å²) in [5.74, 6) is 0. The summed E-state index contributed by atoms with van der Waals surface area (Å²) in [5.41, 5.74) is 7.18. The third-order valence-electron chi connectivity index (χ3n) is 3.29. The van der Waals surface area contributed by atoms with Gasteiger partial charge in [0.1, 0.15) is 0 Å². The van der Waals surface area contributed by atoms with Crippen LogP contribution in [0.5, 0.6) is 0 Å². The average molecular weight is 144 g/mol. The largest absolute Gasteiger partial charge is 0.124 e. The van der Waals surface area contributed by atoms with Crippen molar-refractivity contribution in [2.75, 3.05) is 0 Å². The standard InChI is InChI=1S/C11H12/c1-3-9-7-10(9)8-11(4-1)5-2-6-11/h3-4H,2,5-8H2. The topological polar surface area (TPSA) is 0 Å². The van der Waals surface area contributed by atoms with Crippen LogP contribution < -0.4 is 0 Å². The van der Waals surface area contributed by atoms with E-state index in [9.17, 15) is 0 Å². The van der Waals surface area contributed by atoms with E-state index in [2.05, 4.69) is 17.9 Å². The predicted octanol–water partition coefficient (Wildman–Crippen LogP) is 2.97. The van der Waals surface area contributed by atoms with Gasteiger partial charge in [-0.05, 0) is 48.8 Å². The van der Waals surface area contributed by atoms with E-state index in [1.807, 2.05) is 0 Å². The van der Waals surface area contributed by atoms with Gasteiger partial charge in [0, 0.05) is 0 Å². The Balaban J connectivity index is 1.99. The Morgan fingerprint density at radius 1 is 1.36 bits per heavy atom. The van der Waals surface area contributed by atoms with Crippen molar-refractivity contribution in [2.24, 2.45) is 5.41 Å². The molecule has 3 aliphatic carbocycles. The maximum atomic E-state index is 3.32. The third-order valence-corrected chi connectivity index (χ3v) is 3.29. The van der Waals surface area contributed by atoms with Crippen LogP contribution in [0.15, 0.2) is 29.0 Å². The second kappa shape index (κ2) is 1.70. The maximum absolute atomic E-state index is 3.32. The molecule has 0 bridgehead atoms. The molecule has 0 heteroatoms. The van der Waals surface area contributed by atoms with Crippen LogP contribution in [-0.4, -0.2) is 0 Å². The fraction of sp³-hybridized carbons (Fsp3) is 0.545. The predicted molar refractivity (Wildman–Crippen MR) is 45.2 cm³/mol. The van der Waals surface area contributed by atoms with Crippen LogP contribution in [0.4, 0.5) is 0 Å². The van der Waals surface area contributed by atoms with Crippen molar-refractivity contribution in [3.8, 4) is 0 Å². The second-order valence-electron chi connectivity index (χ2n) is 4.15. The molecule has 0 saturated heterocycles. The lowest BCUT2D eigenvalue weighted by Crippen LogP contribution is -2.26. The zero-order valence-electron chi connectivity index (χ0n) is 6.69. The highest BCUT2D eigenvalue weighted by Gasteiger charge is 2.39. The Hall–Kier alpha value is -0.740. The summed E-state index contributed by atoms with van der Waals surface area (Å²) in [4.78, 5) is 0. The highest BCUT2D eigenvalue weighted by atomic mass is 14.4. The van der Waals surface area contributed by atoms with Crippen LogP contribution in [0.25, 0.3) is 0 Å². The molecular formula is C11H12. The normalized spacial score (nSPS) is 29.8. The fourth-order valence-electron chi connectivity index (χ4n) is 2.26. The van der Waals surface area contributed by atoms with Crippen molar-refractivity contribution >= 4 is 0 Å². The Kier molecular flexibility index (Phi) is 0.906. The van der Waals surface area contributed by atoms with Gasteiger partial charge in [0.25, 0.3) is 0 Å². The Bertz CT molecular complexity index is 291. The lowest BCUT2D eigenvalue weighted by atomic mass is 9.66. The number of hydrogen-bond acceptors (Lipinski definition) is 0. The Morgan fingerprint density at radius 3 is 3.00 bits per heavy atom. The molecule has 0 aliphatic heterocycles. The van der Waals surface area contributed by atoms with Gasteiger partial charge in [-0.2, -0.15) is 0 Å². The Morgan fingerprint density at radius 2 is 2.27 bits per heavy atom. The highest BCUT2D eigenvalue weighted by Crippen LogP contribution is 2.52. The fourth-order valence-corrected chi connectivity index (χ4v) is 2.26. The van der Waals surface area contributed by atoms with Gasteiger partial charge < -0.3 is 0 Å². The SMILES string of the molecule is C1=CC2=C(C2)CC2(C=1)CCC2. The molecule has 3 rings (SSSR count). The molecule has 1 fully saturated rings. The molecule has 56 valence electrons. The van der Waals surface area contributed by atoms with Gasteiger partial charge in [-0.15, -0.1) is 5.73 Å². The van der Waals surface area contributed by atoms with Gasteiger partial charge in [0.05, 0.1) is 0 Å². The van der Waals surface area contributed by atoms with Crippen LogP contribution in [-0.2, 0) is 0 Å². The number of hydrogen-bond donors (Lipinski definition) is 0. The van der Waals surface area contributed by atoms with Crippen LogP contribution in [0.1, 0.15) is 32.1 Å². The molecule has 0 aromatic rings. The van der Waals surface area contributed by atoms with Crippen molar-refractivity contribution in [3.63, 3.8) is 0 Å². The third kappa shape index (κ3) is 0.765. The minimum absolute atomic E-state index is 0.573. The van der Waals surface area contributed by atoms with E-state index in [0.29, 0.717) is 5.41 Å². The summed E-state index contributed by atoms with van der Waals surface area (Å²) >= 11 is 0. The van der Waals surface area contributed by atoms with Gasteiger partial charge in [0.2, 0.25) is 0 Å². The number of allylic oxidation sites excluding steroid dienone is 3. The molecule has 0 heterocycles. The van der Waals surface area contributed by atoms with Crippen molar-refractivity contribution in [2.45, 2.75) is 32.1 Å². The monoisotopic (exact) mass is 144 g/mol. The molecule has 1 spiro atoms. The average Bonchev–Trinajstić information content (AvgIpc) is 2.56. The van der Waals surface area contributed by atoms with Gasteiger partial charge in [-0.25, -0.2) is 0 Å². The van der Waals surface area contributed by atoms with E-state index in [4.69, 9.17) is 0 Å². The minimum Gasteiger partial charge on any atom is -0.124 e. The van der Waals surface area contributed by atoms with E-state index >= 15 is 0 Å². The molecule has 0 aromatic carbocycles. The molecule has 1 saturated carbocycles.